The Morgan fingerprint density at radius 2 is 1.96 bits per heavy atom. The summed E-state index contributed by atoms with van der Waals surface area (Å²) in [5.41, 5.74) is -2.61. The highest BCUT2D eigenvalue weighted by atomic mass is 127. The lowest BCUT2D eigenvalue weighted by Crippen LogP contribution is -2.48. The summed E-state index contributed by atoms with van der Waals surface area (Å²) in [5, 5.41) is 11.2. The van der Waals surface area contributed by atoms with Crippen LogP contribution in [-0.2, 0) is 19.1 Å². The molecule has 3 atom stereocenters. The number of nitro benzene ring substituents is 1. The molecule has 0 unspecified atom stereocenters. The van der Waals surface area contributed by atoms with Crippen molar-refractivity contribution >= 4 is 40.2 Å². The van der Waals surface area contributed by atoms with Crippen molar-refractivity contribution in [2.75, 3.05) is 0 Å². The summed E-state index contributed by atoms with van der Waals surface area (Å²) in [4.78, 5) is 35.8. The molecule has 0 aromatic heterocycles. The number of carbonyl (C=O) groups excluding carboxylic acids is 2. The van der Waals surface area contributed by atoms with Gasteiger partial charge >= 0.3 is 11.9 Å². The zero-order valence-corrected chi connectivity index (χ0v) is 16.2. The van der Waals surface area contributed by atoms with E-state index in [0.717, 1.165) is 0 Å². The molecule has 8 heteroatoms. The highest BCUT2D eigenvalue weighted by molar-refractivity contribution is 14.1. The van der Waals surface area contributed by atoms with Gasteiger partial charge in [-0.15, -0.1) is 0 Å². The second-order valence-electron chi connectivity index (χ2n) is 7.21. The Morgan fingerprint density at radius 3 is 2.48 bits per heavy atom. The van der Waals surface area contributed by atoms with E-state index in [9.17, 15) is 19.7 Å². The summed E-state index contributed by atoms with van der Waals surface area (Å²) in [7, 11) is 0. The predicted octanol–water partition coefficient (Wildman–Crippen LogP) is 3.69. The van der Waals surface area contributed by atoms with Gasteiger partial charge < -0.3 is 9.47 Å². The summed E-state index contributed by atoms with van der Waals surface area (Å²) >= 11 is 1.84. The normalized spacial score (nSPS) is 30.6. The molecule has 1 aliphatic heterocycles. The van der Waals surface area contributed by atoms with Gasteiger partial charge in [0.25, 0.3) is 5.69 Å². The van der Waals surface area contributed by atoms with Crippen molar-refractivity contribution in [3.05, 3.63) is 39.9 Å². The largest absolute Gasteiger partial charge is 0.446 e. The zero-order valence-electron chi connectivity index (χ0n) is 14.1. The van der Waals surface area contributed by atoms with Gasteiger partial charge in [0.1, 0.15) is 0 Å². The molecule has 1 aromatic rings. The van der Waals surface area contributed by atoms with Gasteiger partial charge in [0.15, 0.2) is 4.11 Å². The molecule has 2 bridgehead atoms. The van der Waals surface area contributed by atoms with Crippen LogP contribution in [0, 0.1) is 20.9 Å². The molecule has 3 rings (SSSR count). The van der Waals surface area contributed by atoms with E-state index in [-0.39, 0.29) is 5.69 Å². The fourth-order valence-corrected chi connectivity index (χ4v) is 4.56. The molecule has 1 saturated carbocycles. The van der Waals surface area contributed by atoms with E-state index >= 15 is 0 Å². The first kappa shape index (κ1) is 18.1. The average Bonchev–Trinajstić information content (AvgIpc) is 2.85. The van der Waals surface area contributed by atoms with Crippen LogP contribution in [0.25, 0.3) is 0 Å². The van der Waals surface area contributed by atoms with Crippen LogP contribution in [0.4, 0.5) is 5.69 Å². The number of fused-ring (bicyclic) bond motifs is 2. The van der Waals surface area contributed by atoms with Crippen molar-refractivity contribution in [3.63, 3.8) is 0 Å². The number of carbonyl (C=O) groups is 2. The van der Waals surface area contributed by atoms with Gasteiger partial charge in [-0.3, -0.25) is 14.9 Å². The van der Waals surface area contributed by atoms with Crippen LogP contribution in [-0.4, -0.2) is 22.5 Å². The molecule has 1 saturated heterocycles. The minimum absolute atomic E-state index is 0.119. The number of nitro groups is 1. The quantitative estimate of drug-likeness (QED) is 0.224. The number of alkyl halides is 1. The highest BCUT2D eigenvalue weighted by Gasteiger charge is 2.76. The Labute approximate surface area is 158 Å². The lowest BCUT2D eigenvalue weighted by Gasteiger charge is -2.35. The van der Waals surface area contributed by atoms with Gasteiger partial charge in [0, 0.05) is 11.5 Å². The summed E-state index contributed by atoms with van der Waals surface area (Å²) in [6.45, 7) is 5.47. The number of nitrogens with zero attached hydrogens (tertiary/aromatic N) is 1. The molecule has 1 aliphatic carbocycles. The number of esters is 2. The van der Waals surface area contributed by atoms with Gasteiger partial charge in [-0.1, -0.05) is 26.0 Å². The summed E-state index contributed by atoms with van der Waals surface area (Å²) in [5.74, 6) is -1.04. The number of para-hydroxylation sites is 1. The minimum atomic E-state index is -1.34. The molecule has 0 spiro atoms. The van der Waals surface area contributed by atoms with Crippen LogP contribution in [0.1, 0.15) is 43.3 Å². The monoisotopic (exact) mass is 459 g/mol. The minimum Gasteiger partial charge on any atom is -0.446 e. The van der Waals surface area contributed by atoms with E-state index in [2.05, 4.69) is 0 Å². The maximum atomic E-state index is 12.9. The Morgan fingerprint density at radius 1 is 1.32 bits per heavy atom. The number of hydrogen-bond donors (Lipinski definition) is 0. The molecule has 1 heterocycles. The standard InChI is InChI=1S/C17H18INO6/c1-15(2)16(3)8-9-17(15,25-13(16)20)14(21)24-12(18)10-6-4-5-7-11(10)19(22)23/h4-7,12H,8-9H2,1-3H3/t12-,16+,17-/m1/s1. The smallest absolute Gasteiger partial charge is 0.352 e. The SMILES string of the molecule is CC1(C)[C@@]2(C)CC[C@]1(C(=O)O[C@@H](I)c1ccccc1[N+](=O)[O-])OC2=O. The summed E-state index contributed by atoms with van der Waals surface area (Å²) in [6.07, 6.45) is 0.937. The van der Waals surface area contributed by atoms with Crippen molar-refractivity contribution in [1.29, 1.82) is 0 Å². The molecular weight excluding hydrogens is 441 g/mol. The summed E-state index contributed by atoms with van der Waals surface area (Å²) in [6, 6.07) is 6.10. The van der Waals surface area contributed by atoms with Crippen LogP contribution < -0.4 is 0 Å². The van der Waals surface area contributed by atoms with Crippen molar-refractivity contribution in [1.82, 2.24) is 0 Å². The number of benzene rings is 1. The molecule has 0 amide bonds. The third-order valence-corrected chi connectivity index (χ3v) is 6.93. The molecule has 0 N–H and O–H groups in total. The van der Waals surface area contributed by atoms with E-state index in [1.165, 1.54) is 6.07 Å². The van der Waals surface area contributed by atoms with Crippen molar-refractivity contribution in [3.8, 4) is 0 Å². The van der Waals surface area contributed by atoms with Crippen LogP contribution in [0.2, 0.25) is 0 Å². The maximum absolute atomic E-state index is 12.9. The van der Waals surface area contributed by atoms with E-state index in [4.69, 9.17) is 9.47 Å². The van der Waals surface area contributed by atoms with Crippen LogP contribution >= 0.6 is 22.6 Å². The van der Waals surface area contributed by atoms with Crippen molar-refractivity contribution < 1.29 is 24.0 Å². The lowest BCUT2D eigenvalue weighted by molar-refractivity contribution is -0.385. The van der Waals surface area contributed by atoms with Gasteiger partial charge in [-0.05, 0) is 48.4 Å². The van der Waals surface area contributed by atoms with E-state index in [0.29, 0.717) is 18.4 Å². The first-order valence-corrected chi connectivity index (χ1v) is 9.13. The second-order valence-corrected chi connectivity index (χ2v) is 8.34. The fraction of sp³-hybridized carbons (Fsp3) is 0.529. The van der Waals surface area contributed by atoms with Gasteiger partial charge in [0.2, 0.25) is 5.60 Å². The summed E-state index contributed by atoms with van der Waals surface area (Å²) < 4.78 is 10.2. The van der Waals surface area contributed by atoms with Crippen LogP contribution in [0.3, 0.4) is 0 Å². The first-order chi connectivity index (χ1) is 11.6. The van der Waals surface area contributed by atoms with E-state index in [1.54, 1.807) is 25.1 Å². The molecule has 2 aliphatic rings. The highest BCUT2D eigenvalue weighted by Crippen LogP contribution is 2.66. The Hall–Kier alpha value is -1.71. The maximum Gasteiger partial charge on any atom is 0.352 e. The van der Waals surface area contributed by atoms with Crippen molar-refractivity contribution in [2.24, 2.45) is 10.8 Å². The van der Waals surface area contributed by atoms with E-state index < -0.39 is 37.4 Å². The number of ether oxygens (including phenoxy) is 2. The van der Waals surface area contributed by atoms with Crippen LogP contribution in [0.5, 0.6) is 0 Å². The van der Waals surface area contributed by atoms with Gasteiger partial charge in [0.05, 0.1) is 15.9 Å². The predicted molar refractivity (Wildman–Crippen MR) is 95.9 cm³/mol. The molecule has 7 nitrogen and oxygen atoms in total. The second kappa shape index (κ2) is 5.65. The van der Waals surface area contributed by atoms with E-state index in [1.807, 2.05) is 36.4 Å². The average molecular weight is 459 g/mol. The first-order valence-electron chi connectivity index (χ1n) is 7.89. The third kappa shape index (κ3) is 2.29. The Bertz CT molecular complexity index is 778. The Kier molecular flexibility index (Phi) is 4.09. The fourth-order valence-electron chi connectivity index (χ4n) is 3.80. The zero-order chi connectivity index (χ0) is 18.6. The number of rotatable bonds is 4. The molecule has 25 heavy (non-hydrogen) atoms. The van der Waals surface area contributed by atoms with Crippen molar-refractivity contribution in [2.45, 2.75) is 43.3 Å². The molecule has 0 radical (unpaired) electrons. The molecular formula is C17H18INO6. The van der Waals surface area contributed by atoms with Gasteiger partial charge in [-0.25, -0.2) is 4.79 Å². The number of hydrogen-bond acceptors (Lipinski definition) is 6. The third-order valence-electron chi connectivity index (χ3n) is 6.00. The number of halogens is 1. The molecule has 2 fully saturated rings. The molecule has 1 aromatic carbocycles. The van der Waals surface area contributed by atoms with Crippen LogP contribution in [0.15, 0.2) is 24.3 Å². The molecule has 134 valence electrons. The Balaban J connectivity index is 1.89. The topological polar surface area (TPSA) is 95.7 Å². The van der Waals surface area contributed by atoms with Gasteiger partial charge in [-0.2, -0.15) is 0 Å². The lowest BCUT2D eigenvalue weighted by atomic mass is 9.66.